The molecule has 0 saturated heterocycles. The molecule has 0 fully saturated rings. The van der Waals surface area contributed by atoms with Gasteiger partial charge in [0.25, 0.3) is 0 Å². The number of esters is 2. The van der Waals surface area contributed by atoms with Crippen LogP contribution in [0, 0.1) is 5.92 Å². The van der Waals surface area contributed by atoms with Crippen molar-refractivity contribution in [2.75, 3.05) is 40.5 Å². The van der Waals surface area contributed by atoms with Crippen molar-refractivity contribution < 1.29 is 24.2 Å². The van der Waals surface area contributed by atoms with Gasteiger partial charge in [0, 0.05) is 13.2 Å². The maximum absolute atomic E-state index is 11.1. The van der Waals surface area contributed by atoms with Crippen LogP contribution in [0.4, 0.5) is 0 Å². The topological polar surface area (TPSA) is 76.1 Å². The molecule has 0 bridgehead atoms. The first-order chi connectivity index (χ1) is 7.53. The molecule has 0 aliphatic rings. The molecule has 0 aromatic rings. The summed E-state index contributed by atoms with van der Waals surface area (Å²) >= 11 is 0. The van der Waals surface area contributed by atoms with E-state index in [1.807, 2.05) is 6.92 Å². The van der Waals surface area contributed by atoms with Gasteiger partial charge in [0.15, 0.2) is 0 Å². The maximum Gasteiger partial charge on any atom is 0.319 e. The minimum atomic E-state index is -0.422. The quantitative estimate of drug-likeness (QED) is 0.584. The fourth-order valence-corrected chi connectivity index (χ4v) is 1.18. The summed E-state index contributed by atoms with van der Waals surface area (Å²) in [4.78, 5) is 23.7. The van der Waals surface area contributed by atoms with Crippen LogP contribution in [0.15, 0.2) is 0 Å². The first kappa shape index (κ1) is 14.9. The zero-order chi connectivity index (χ0) is 12.6. The van der Waals surface area contributed by atoms with Crippen LogP contribution in [0.25, 0.3) is 0 Å². The fraction of sp³-hybridized carbons (Fsp3) is 0.800. The number of methoxy groups -OCH3 is 2. The monoisotopic (exact) mass is 233 g/mol. The highest BCUT2D eigenvalue weighted by Crippen LogP contribution is 2.00. The molecule has 6 heteroatoms. The van der Waals surface area contributed by atoms with Gasteiger partial charge in [0.2, 0.25) is 0 Å². The van der Waals surface area contributed by atoms with Crippen LogP contribution in [0.1, 0.15) is 6.92 Å². The second-order valence-corrected chi connectivity index (χ2v) is 3.61. The molecule has 0 aliphatic heterocycles. The summed E-state index contributed by atoms with van der Waals surface area (Å²) in [5.74, 6) is -0.864. The first-order valence-electron chi connectivity index (χ1n) is 5.00. The molecule has 1 atom stereocenters. The van der Waals surface area contributed by atoms with Crippen molar-refractivity contribution in [3.8, 4) is 0 Å². The van der Waals surface area contributed by atoms with E-state index in [9.17, 15) is 9.59 Å². The minimum Gasteiger partial charge on any atom is -0.468 e. The summed E-state index contributed by atoms with van der Waals surface area (Å²) in [5, 5.41) is 8.91. The standard InChI is InChI=1S/C10H19NO5/c1-8(7-12)4-11(5-9(13)15-2)6-10(14)16-3/h8,12H,4-7H2,1-3H3. The zero-order valence-corrected chi connectivity index (χ0v) is 9.93. The van der Waals surface area contributed by atoms with Gasteiger partial charge in [-0.2, -0.15) is 0 Å². The highest BCUT2D eigenvalue weighted by atomic mass is 16.5. The zero-order valence-electron chi connectivity index (χ0n) is 9.93. The lowest BCUT2D eigenvalue weighted by atomic mass is 10.2. The third-order valence-corrected chi connectivity index (χ3v) is 2.04. The van der Waals surface area contributed by atoms with E-state index in [-0.39, 0.29) is 25.6 Å². The van der Waals surface area contributed by atoms with E-state index in [0.29, 0.717) is 6.54 Å². The molecule has 1 N–H and O–H groups in total. The largest absolute Gasteiger partial charge is 0.468 e. The van der Waals surface area contributed by atoms with E-state index in [1.54, 1.807) is 4.90 Å². The Bertz CT molecular complexity index is 213. The van der Waals surface area contributed by atoms with Gasteiger partial charge in [-0.1, -0.05) is 6.92 Å². The molecule has 1 unspecified atom stereocenters. The van der Waals surface area contributed by atoms with E-state index in [0.717, 1.165) is 0 Å². The lowest BCUT2D eigenvalue weighted by molar-refractivity contribution is -0.145. The average Bonchev–Trinajstić information content (AvgIpc) is 2.28. The van der Waals surface area contributed by atoms with Gasteiger partial charge in [-0.15, -0.1) is 0 Å². The molecule has 0 aromatic carbocycles. The van der Waals surface area contributed by atoms with E-state index in [4.69, 9.17) is 5.11 Å². The van der Waals surface area contributed by atoms with Gasteiger partial charge >= 0.3 is 11.9 Å². The number of carbonyl (C=O) groups excluding carboxylic acids is 2. The maximum atomic E-state index is 11.1. The molecular formula is C10H19NO5. The molecule has 94 valence electrons. The lowest BCUT2D eigenvalue weighted by Crippen LogP contribution is -2.39. The SMILES string of the molecule is COC(=O)CN(CC(=O)OC)CC(C)CO. The fourth-order valence-electron chi connectivity index (χ4n) is 1.18. The number of nitrogens with zero attached hydrogens (tertiary/aromatic N) is 1. The second kappa shape index (κ2) is 8.06. The third kappa shape index (κ3) is 6.36. The van der Waals surface area contributed by atoms with Crippen molar-refractivity contribution >= 4 is 11.9 Å². The number of hydrogen-bond donors (Lipinski definition) is 1. The summed E-state index contributed by atoms with van der Waals surface area (Å²) in [6.07, 6.45) is 0. The molecule has 0 spiro atoms. The molecule has 0 saturated carbocycles. The van der Waals surface area contributed by atoms with Crippen molar-refractivity contribution in [1.29, 1.82) is 0 Å². The minimum absolute atomic E-state index is 0.00115. The predicted octanol–water partition coefficient (Wildman–Crippen LogP) is -0.737. The van der Waals surface area contributed by atoms with Gasteiger partial charge in [0.1, 0.15) is 0 Å². The Balaban J connectivity index is 4.26. The van der Waals surface area contributed by atoms with Gasteiger partial charge in [0.05, 0.1) is 27.3 Å². The Morgan fingerprint density at radius 3 is 1.94 bits per heavy atom. The lowest BCUT2D eigenvalue weighted by Gasteiger charge is -2.22. The Morgan fingerprint density at radius 1 is 1.19 bits per heavy atom. The number of carbonyl (C=O) groups is 2. The molecule has 0 heterocycles. The van der Waals surface area contributed by atoms with Crippen LogP contribution in [0.3, 0.4) is 0 Å². The third-order valence-electron chi connectivity index (χ3n) is 2.04. The highest BCUT2D eigenvalue weighted by molar-refractivity contribution is 5.74. The van der Waals surface area contributed by atoms with Crippen molar-refractivity contribution in [3.63, 3.8) is 0 Å². The second-order valence-electron chi connectivity index (χ2n) is 3.61. The molecule has 0 aliphatic carbocycles. The summed E-state index contributed by atoms with van der Waals surface area (Å²) < 4.78 is 9.03. The summed E-state index contributed by atoms with van der Waals surface area (Å²) in [5.41, 5.74) is 0. The van der Waals surface area contributed by atoms with Gasteiger partial charge in [-0.25, -0.2) is 0 Å². The van der Waals surface area contributed by atoms with E-state index in [1.165, 1.54) is 14.2 Å². The van der Waals surface area contributed by atoms with Crippen LogP contribution in [-0.4, -0.2) is 62.4 Å². The Labute approximate surface area is 95.1 Å². The molecule has 16 heavy (non-hydrogen) atoms. The van der Waals surface area contributed by atoms with Crippen LogP contribution < -0.4 is 0 Å². The van der Waals surface area contributed by atoms with Crippen molar-refractivity contribution in [1.82, 2.24) is 4.90 Å². The van der Waals surface area contributed by atoms with Crippen LogP contribution in [0.5, 0.6) is 0 Å². The number of aliphatic hydroxyl groups excluding tert-OH is 1. The molecule has 0 amide bonds. The number of aliphatic hydroxyl groups is 1. The van der Waals surface area contributed by atoms with E-state index < -0.39 is 11.9 Å². The number of hydrogen-bond acceptors (Lipinski definition) is 6. The van der Waals surface area contributed by atoms with Crippen molar-refractivity contribution in [2.45, 2.75) is 6.92 Å². The van der Waals surface area contributed by atoms with Crippen LogP contribution >= 0.6 is 0 Å². The van der Waals surface area contributed by atoms with Crippen molar-refractivity contribution in [2.24, 2.45) is 5.92 Å². The summed E-state index contributed by atoms with van der Waals surface area (Å²) in [6, 6.07) is 0. The Morgan fingerprint density at radius 2 is 1.62 bits per heavy atom. The van der Waals surface area contributed by atoms with E-state index >= 15 is 0 Å². The average molecular weight is 233 g/mol. The van der Waals surface area contributed by atoms with Crippen LogP contribution in [-0.2, 0) is 19.1 Å². The van der Waals surface area contributed by atoms with Crippen LogP contribution in [0.2, 0.25) is 0 Å². The Hall–Kier alpha value is -1.14. The Kier molecular flexibility index (Phi) is 7.49. The molecule has 0 aromatic heterocycles. The summed E-state index contributed by atoms with van der Waals surface area (Å²) in [6.45, 7) is 2.27. The summed E-state index contributed by atoms with van der Waals surface area (Å²) in [7, 11) is 2.57. The highest BCUT2D eigenvalue weighted by Gasteiger charge is 2.17. The van der Waals surface area contributed by atoms with Gasteiger partial charge in [-0.05, 0) is 5.92 Å². The number of rotatable bonds is 7. The van der Waals surface area contributed by atoms with Gasteiger partial charge in [-0.3, -0.25) is 14.5 Å². The molecule has 0 rings (SSSR count). The normalized spacial score (nSPS) is 12.3. The first-order valence-corrected chi connectivity index (χ1v) is 5.00. The number of ether oxygens (including phenoxy) is 2. The van der Waals surface area contributed by atoms with Gasteiger partial charge < -0.3 is 14.6 Å². The molecule has 6 nitrogen and oxygen atoms in total. The van der Waals surface area contributed by atoms with Crippen molar-refractivity contribution in [3.05, 3.63) is 0 Å². The van der Waals surface area contributed by atoms with E-state index in [2.05, 4.69) is 9.47 Å². The predicted molar refractivity (Wildman–Crippen MR) is 56.7 cm³/mol. The molecular weight excluding hydrogens is 214 g/mol. The molecule has 0 radical (unpaired) electrons. The smallest absolute Gasteiger partial charge is 0.319 e.